The zero-order valence-electron chi connectivity index (χ0n) is 70.0. The van der Waals surface area contributed by atoms with E-state index in [0.717, 1.165) is 76.3 Å². The number of hydrogen-bond acceptors (Lipinski definition) is 11. The van der Waals surface area contributed by atoms with E-state index in [2.05, 4.69) is 281 Å². The van der Waals surface area contributed by atoms with Crippen molar-refractivity contribution in [2.24, 2.45) is 0 Å². The Morgan fingerprint density at radius 2 is 0.815 bits per heavy atom. The van der Waals surface area contributed by atoms with Gasteiger partial charge in [-0.2, -0.15) is 0 Å². The van der Waals surface area contributed by atoms with Gasteiger partial charge in [0.25, 0.3) is 0 Å². The maximum Gasteiger partial charge on any atom is 0.407 e. The molecule has 11 aromatic carbocycles. The predicted octanol–water partition coefficient (Wildman–Crippen LogP) is 16.4. The van der Waals surface area contributed by atoms with Crippen LogP contribution in [0.5, 0.6) is 23.0 Å². The SMILES string of the molecule is CC(C)[Si](Oc1cccc(OC[C@H](CNCCc2ccc(NC3CCN(C(=O)NCc4ccc(O[Si](c5ccccc5)(c5ccccc5)C(C)(C)C)cc4)CC3)cc2)OC(=O)NCCc2ccc(NC3CCN(C(=O)NCc4ccc(O[Si](c5ccccc5)(c5ccccc5)C(C)(C)C)cc4F)CC3)cc2)c1)(c1ccccc1)c1ccccc1. The first-order chi connectivity index (χ1) is 57.6. The van der Waals surface area contributed by atoms with Crippen molar-refractivity contribution < 1.29 is 41.5 Å². The highest BCUT2D eigenvalue weighted by Crippen LogP contribution is 2.40. The van der Waals surface area contributed by atoms with Crippen molar-refractivity contribution in [3.63, 3.8) is 0 Å². The lowest BCUT2D eigenvalue weighted by atomic mass is 10.0. The highest BCUT2D eigenvalue weighted by atomic mass is 28.4. The highest BCUT2D eigenvalue weighted by Gasteiger charge is 2.54. The summed E-state index contributed by atoms with van der Waals surface area (Å²) >= 11 is 0. The molecule has 2 aliphatic heterocycles. The molecule has 2 fully saturated rings. The quantitative estimate of drug-likeness (QED) is 0.0171. The number of ether oxygens (including phenoxy) is 2. The Balaban J connectivity index is 0.562. The number of amides is 5. The molecule has 0 bridgehead atoms. The van der Waals surface area contributed by atoms with Gasteiger partial charge in [-0.05, 0) is 163 Å². The number of anilines is 2. The Kier molecular flexibility index (Phi) is 28.6. The molecule has 119 heavy (non-hydrogen) atoms. The standard InChI is InChI=1S/C99H115FN8O8Si3/c1-74(2)117(88-30-15-9-16-31-88,89-32-17-10-18-33-89)114-85-29-27-28-84(68-85)112-73-87(72-101-62-56-75-42-49-79(50-43-75)105-81-58-64-107(65-59-81)95(109)103-70-77-46-53-83(54-47-77)115-118(98(3,4)5,90-34-19-11-20-35-90)91-36-21-12-22-37-91)113-97(111)102-63-57-76-44-51-80(52-45-76)106-82-60-66-108(67-61-82)96(110)104-71-78-48-55-86(69-94(78)100)116-119(99(6,7)8,92-38-23-13-24-39-92)93-40-25-14-26-41-93/h9-55,68-69,74,81-82,87,101,105-106H,56-67,70-73H2,1-8H3,(H,102,111)(H,103,109)(H,104,110)/t87-/m0/s1. The summed E-state index contributed by atoms with van der Waals surface area (Å²) in [5, 5.41) is 26.6. The van der Waals surface area contributed by atoms with Crippen LogP contribution in [0.2, 0.25) is 15.6 Å². The van der Waals surface area contributed by atoms with E-state index >= 15 is 4.39 Å². The van der Waals surface area contributed by atoms with E-state index in [-0.39, 0.29) is 52.9 Å². The molecule has 0 aromatic heterocycles. The van der Waals surface area contributed by atoms with Crippen molar-refractivity contribution >= 4 is 85.6 Å². The van der Waals surface area contributed by atoms with Crippen LogP contribution >= 0.6 is 0 Å². The van der Waals surface area contributed by atoms with Crippen molar-refractivity contribution in [1.82, 2.24) is 31.1 Å². The van der Waals surface area contributed by atoms with Crippen LogP contribution in [-0.4, -0.2) is 124 Å². The first-order valence-corrected chi connectivity index (χ1v) is 47.9. The summed E-state index contributed by atoms with van der Waals surface area (Å²) in [5.74, 6) is 2.13. The molecule has 6 N–H and O–H groups in total. The summed E-state index contributed by atoms with van der Waals surface area (Å²) in [6.45, 7) is 22.2. The maximum atomic E-state index is 16.0. The molecule has 16 nitrogen and oxygen atoms in total. The van der Waals surface area contributed by atoms with Crippen LogP contribution in [0.15, 0.2) is 297 Å². The number of urea groups is 2. The normalized spacial score (nSPS) is 14.0. The molecule has 5 amide bonds. The summed E-state index contributed by atoms with van der Waals surface area (Å²) in [4.78, 5) is 44.5. The first-order valence-electron chi connectivity index (χ1n) is 42.1. The zero-order valence-corrected chi connectivity index (χ0v) is 73.0. The fourth-order valence-corrected chi connectivity index (χ4v) is 29.5. The maximum absolute atomic E-state index is 16.0. The molecule has 0 radical (unpaired) electrons. The number of likely N-dealkylation sites (tertiary alicyclic amines) is 2. The zero-order chi connectivity index (χ0) is 83.3. The molecule has 11 aromatic rings. The van der Waals surface area contributed by atoms with Crippen molar-refractivity contribution in [3.8, 4) is 23.0 Å². The van der Waals surface area contributed by atoms with Crippen LogP contribution < -0.4 is 81.0 Å². The highest BCUT2D eigenvalue weighted by molar-refractivity contribution is 7.01. The van der Waals surface area contributed by atoms with Gasteiger partial charge < -0.3 is 64.5 Å². The molecule has 2 aliphatic rings. The number of hydrogen-bond donors (Lipinski definition) is 6. The van der Waals surface area contributed by atoms with Gasteiger partial charge in [0.1, 0.15) is 41.5 Å². The fourth-order valence-electron chi connectivity index (χ4n) is 16.7. The minimum absolute atomic E-state index is 0.0489. The number of carbonyl (C=O) groups is 3. The van der Waals surface area contributed by atoms with E-state index in [1.54, 1.807) is 11.0 Å². The summed E-state index contributed by atoms with van der Waals surface area (Å²) in [5.41, 5.74) is 5.79. The minimum Gasteiger partial charge on any atom is -0.534 e. The number of nitrogens with one attached hydrogen (secondary N) is 6. The molecule has 20 heteroatoms. The molecule has 0 unspecified atom stereocenters. The van der Waals surface area contributed by atoms with Gasteiger partial charge >= 0.3 is 43.1 Å². The van der Waals surface area contributed by atoms with Gasteiger partial charge in [0.05, 0.1) is 0 Å². The minimum atomic E-state index is -2.97. The van der Waals surface area contributed by atoms with Crippen LogP contribution in [-0.2, 0) is 30.7 Å². The van der Waals surface area contributed by atoms with Gasteiger partial charge in [-0.1, -0.05) is 286 Å². The molecular weight excluding hydrogens is 1530 g/mol. The first kappa shape index (κ1) is 85.5. The monoisotopic (exact) mass is 1650 g/mol. The second-order valence-electron chi connectivity index (χ2n) is 33.6. The largest absolute Gasteiger partial charge is 0.534 e. The Morgan fingerprint density at radius 3 is 1.25 bits per heavy atom. The Bertz CT molecular complexity index is 4900. The average Bonchev–Trinajstić information content (AvgIpc) is 0.752. The van der Waals surface area contributed by atoms with Gasteiger partial charge in [-0.3, -0.25) is 0 Å². The number of benzene rings is 11. The summed E-state index contributed by atoms with van der Waals surface area (Å²) in [7, 11) is -8.58. The molecule has 0 aliphatic carbocycles. The molecule has 13 rings (SSSR count). The Labute approximate surface area is 706 Å². The lowest BCUT2D eigenvalue weighted by Gasteiger charge is -2.43. The molecule has 0 saturated carbocycles. The average molecular weight is 1650 g/mol. The Hall–Kier alpha value is -11.4. The van der Waals surface area contributed by atoms with Crippen LogP contribution in [0.25, 0.3) is 0 Å². The number of alkyl carbamates (subject to hydrolysis) is 1. The van der Waals surface area contributed by atoms with Gasteiger partial charge in [0.15, 0.2) is 0 Å². The van der Waals surface area contributed by atoms with Crippen molar-refractivity contribution in [3.05, 3.63) is 325 Å². The van der Waals surface area contributed by atoms with Gasteiger partial charge in [0, 0.05) is 93.5 Å². The second kappa shape index (κ2) is 39.9. The predicted molar refractivity (Wildman–Crippen MR) is 487 cm³/mol. The molecule has 618 valence electrons. The number of halogens is 1. The lowest BCUT2D eigenvalue weighted by Crippen LogP contribution is -2.68. The fraction of sp³-hybridized carbons (Fsp3) is 0.303. The summed E-state index contributed by atoms with van der Waals surface area (Å²) in [6, 6.07) is 101. The van der Waals surface area contributed by atoms with Crippen molar-refractivity contribution in [2.75, 3.05) is 63.1 Å². The van der Waals surface area contributed by atoms with Crippen LogP contribution in [0, 0.1) is 5.82 Å². The molecule has 2 saturated heterocycles. The topological polar surface area (TPSA) is 176 Å². The van der Waals surface area contributed by atoms with Gasteiger partial charge in [0.2, 0.25) is 0 Å². The lowest BCUT2D eigenvalue weighted by molar-refractivity contribution is 0.0651. The number of rotatable bonds is 33. The molecule has 2 heterocycles. The molecule has 1 atom stereocenters. The van der Waals surface area contributed by atoms with Gasteiger partial charge in [-0.15, -0.1) is 0 Å². The third-order valence-corrected chi connectivity index (χ3v) is 37.5. The van der Waals surface area contributed by atoms with E-state index in [9.17, 15) is 14.4 Å². The van der Waals surface area contributed by atoms with Crippen LogP contribution in [0.4, 0.5) is 30.1 Å². The van der Waals surface area contributed by atoms with Crippen molar-refractivity contribution in [2.45, 2.75) is 141 Å². The number of piperidine rings is 2. The van der Waals surface area contributed by atoms with Crippen LogP contribution in [0.1, 0.15) is 103 Å². The smallest absolute Gasteiger partial charge is 0.407 e. The number of nitrogens with zero attached hydrogens (tertiary/aromatic N) is 2. The van der Waals surface area contributed by atoms with E-state index in [4.69, 9.17) is 22.8 Å². The van der Waals surface area contributed by atoms with E-state index in [0.29, 0.717) is 81.6 Å². The Morgan fingerprint density at radius 1 is 0.420 bits per heavy atom. The van der Waals surface area contributed by atoms with E-state index in [1.165, 1.54) is 26.8 Å². The van der Waals surface area contributed by atoms with Gasteiger partial charge in [-0.25, -0.2) is 18.8 Å². The van der Waals surface area contributed by atoms with E-state index < -0.39 is 43.0 Å². The molecule has 0 spiro atoms. The van der Waals surface area contributed by atoms with Crippen LogP contribution in [0.3, 0.4) is 0 Å². The second-order valence-corrected chi connectivity index (χ2v) is 46.0. The van der Waals surface area contributed by atoms with E-state index in [1.807, 2.05) is 95.9 Å². The third kappa shape index (κ3) is 21.5. The third-order valence-electron chi connectivity index (χ3n) is 23.1. The molecular formula is C99H115FN8O8Si3. The number of carbonyl (C=O) groups excluding carboxylic acids is 3. The summed E-state index contributed by atoms with van der Waals surface area (Å²) < 4.78 is 50.2. The van der Waals surface area contributed by atoms with Crippen molar-refractivity contribution in [1.29, 1.82) is 0 Å². The summed E-state index contributed by atoms with van der Waals surface area (Å²) in [6.07, 6.45) is 3.30.